The quantitative estimate of drug-likeness (QED) is 0.351. The number of pyridine rings is 1. The van der Waals surface area contributed by atoms with Gasteiger partial charge < -0.3 is 10.1 Å². The Kier molecular flexibility index (Phi) is 7.22. The molecular weight excluding hydrogens is 463 g/mol. The Hall–Kier alpha value is -3.72. The largest absolute Gasteiger partial charge is 0.473 e. The first-order chi connectivity index (χ1) is 16.4. The van der Waals surface area contributed by atoms with Gasteiger partial charge in [0.25, 0.3) is 0 Å². The van der Waals surface area contributed by atoms with E-state index in [2.05, 4.69) is 15.3 Å². The topological polar surface area (TPSA) is 64.1 Å². The molecule has 0 atom stereocenters. The van der Waals surface area contributed by atoms with Gasteiger partial charge in [0.15, 0.2) is 0 Å². The molecule has 2 aromatic carbocycles. The minimum atomic E-state index is -4.38. The van der Waals surface area contributed by atoms with Crippen molar-refractivity contribution in [1.82, 2.24) is 15.3 Å². The molecule has 0 saturated carbocycles. The first kappa shape index (κ1) is 23.4. The SMILES string of the molecule is O=C(Cc1csc(-c2ccc(C(F)(F)F)cc2)n1)NCc1ccnc(OCc2ccccc2)c1. The minimum Gasteiger partial charge on any atom is -0.473 e. The highest BCUT2D eigenvalue weighted by atomic mass is 32.1. The van der Waals surface area contributed by atoms with Crippen molar-refractivity contribution in [1.29, 1.82) is 0 Å². The zero-order valence-electron chi connectivity index (χ0n) is 17.9. The van der Waals surface area contributed by atoms with Crippen LogP contribution in [0.4, 0.5) is 13.2 Å². The van der Waals surface area contributed by atoms with Gasteiger partial charge in [-0.2, -0.15) is 13.2 Å². The molecule has 0 bridgehead atoms. The highest BCUT2D eigenvalue weighted by molar-refractivity contribution is 7.13. The number of nitrogens with zero attached hydrogens (tertiary/aromatic N) is 2. The molecule has 0 aliphatic rings. The van der Waals surface area contributed by atoms with E-state index in [-0.39, 0.29) is 12.3 Å². The van der Waals surface area contributed by atoms with Crippen molar-refractivity contribution in [2.75, 3.05) is 0 Å². The van der Waals surface area contributed by atoms with Gasteiger partial charge in [0.05, 0.1) is 17.7 Å². The normalized spacial score (nSPS) is 11.3. The monoisotopic (exact) mass is 483 g/mol. The van der Waals surface area contributed by atoms with E-state index in [1.165, 1.54) is 23.5 Å². The molecule has 0 aliphatic heterocycles. The van der Waals surface area contributed by atoms with Crippen LogP contribution in [0.3, 0.4) is 0 Å². The summed E-state index contributed by atoms with van der Waals surface area (Å²) in [6.07, 6.45) is -2.69. The number of hydrogen-bond donors (Lipinski definition) is 1. The molecule has 1 N–H and O–H groups in total. The van der Waals surface area contributed by atoms with E-state index >= 15 is 0 Å². The van der Waals surface area contributed by atoms with Crippen LogP contribution >= 0.6 is 11.3 Å². The van der Waals surface area contributed by atoms with Crippen molar-refractivity contribution >= 4 is 17.2 Å². The second-order valence-electron chi connectivity index (χ2n) is 7.45. The number of halogens is 3. The highest BCUT2D eigenvalue weighted by Crippen LogP contribution is 2.31. The molecule has 0 radical (unpaired) electrons. The predicted molar refractivity (Wildman–Crippen MR) is 123 cm³/mol. The number of carbonyl (C=O) groups is 1. The van der Waals surface area contributed by atoms with Gasteiger partial charge in [-0.3, -0.25) is 4.79 Å². The lowest BCUT2D eigenvalue weighted by molar-refractivity contribution is -0.137. The van der Waals surface area contributed by atoms with Crippen molar-refractivity contribution in [2.45, 2.75) is 25.7 Å². The first-order valence-electron chi connectivity index (χ1n) is 10.4. The molecule has 1 amide bonds. The van der Waals surface area contributed by atoms with E-state index in [9.17, 15) is 18.0 Å². The molecule has 2 heterocycles. The summed E-state index contributed by atoms with van der Waals surface area (Å²) in [5, 5.41) is 5.13. The predicted octanol–water partition coefficient (Wildman–Crippen LogP) is 5.66. The average molecular weight is 484 g/mol. The van der Waals surface area contributed by atoms with Crippen LogP contribution in [0.15, 0.2) is 78.3 Å². The molecule has 0 unspecified atom stereocenters. The number of carbonyl (C=O) groups excluding carboxylic acids is 1. The van der Waals surface area contributed by atoms with Crippen LogP contribution in [0.1, 0.15) is 22.4 Å². The second kappa shape index (κ2) is 10.5. The summed E-state index contributed by atoms with van der Waals surface area (Å²) in [7, 11) is 0. The lowest BCUT2D eigenvalue weighted by Gasteiger charge is -2.08. The van der Waals surface area contributed by atoms with Crippen LogP contribution < -0.4 is 10.1 Å². The van der Waals surface area contributed by atoms with E-state index in [0.29, 0.717) is 35.3 Å². The summed E-state index contributed by atoms with van der Waals surface area (Å²) in [6, 6.07) is 18.1. The van der Waals surface area contributed by atoms with Gasteiger partial charge in [0, 0.05) is 29.8 Å². The number of aromatic nitrogens is 2. The Bertz CT molecular complexity index is 1240. The highest BCUT2D eigenvalue weighted by Gasteiger charge is 2.30. The summed E-state index contributed by atoms with van der Waals surface area (Å²) in [5.41, 5.74) is 2.29. The van der Waals surface area contributed by atoms with E-state index in [4.69, 9.17) is 4.74 Å². The fourth-order valence-electron chi connectivity index (χ4n) is 3.12. The molecule has 9 heteroatoms. The smallest absolute Gasteiger partial charge is 0.416 e. The number of amides is 1. The van der Waals surface area contributed by atoms with Crippen LogP contribution in [-0.4, -0.2) is 15.9 Å². The molecule has 4 rings (SSSR count). The molecule has 0 fully saturated rings. The Balaban J connectivity index is 1.29. The van der Waals surface area contributed by atoms with Crippen LogP contribution in [0.5, 0.6) is 5.88 Å². The maximum Gasteiger partial charge on any atom is 0.416 e. The zero-order valence-corrected chi connectivity index (χ0v) is 18.7. The minimum absolute atomic E-state index is 0.0690. The van der Waals surface area contributed by atoms with Crippen molar-refractivity contribution in [2.24, 2.45) is 0 Å². The second-order valence-corrected chi connectivity index (χ2v) is 8.31. The Morgan fingerprint density at radius 3 is 2.50 bits per heavy atom. The summed E-state index contributed by atoms with van der Waals surface area (Å²) >= 11 is 1.28. The van der Waals surface area contributed by atoms with Crippen LogP contribution in [0, 0.1) is 0 Å². The van der Waals surface area contributed by atoms with Crippen LogP contribution in [0.25, 0.3) is 10.6 Å². The summed E-state index contributed by atoms with van der Waals surface area (Å²) in [6.45, 7) is 0.702. The van der Waals surface area contributed by atoms with Gasteiger partial charge in [-0.25, -0.2) is 9.97 Å². The first-order valence-corrected chi connectivity index (χ1v) is 11.3. The van der Waals surface area contributed by atoms with Crippen molar-refractivity contribution in [3.63, 3.8) is 0 Å². The summed E-state index contributed by atoms with van der Waals surface area (Å²) < 4.78 is 43.9. The van der Waals surface area contributed by atoms with Crippen molar-refractivity contribution in [3.8, 4) is 16.5 Å². The number of thiazole rings is 1. The lowest BCUT2D eigenvalue weighted by atomic mass is 10.1. The fourth-order valence-corrected chi connectivity index (χ4v) is 3.95. The summed E-state index contributed by atoms with van der Waals surface area (Å²) in [4.78, 5) is 20.9. The number of rotatable bonds is 8. The molecule has 34 heavy (non-hydrogen) atoms. The third-order valence-corrected chi connectivity index (χ3v) is 5.81. The number of hydrogen-bond acceptors (Lipinski definition) is 5. The zero-order chi connectivity index (χ0) is 24.0. The standard InChI is InChI=1S/C25H20F3N3O2S/c26-25(27,28)20-8-6-19(7-9-20)24-31-21(16-34-24)13-22(32)30-14-18-10-11-29-23(12-18)33-15-17-4-2-1-3-5-17/h1-12,16H,13-15H2,(H,30,32). The Morgan fingerprint density at radius 2 is 1.76 bits per heavy atom. The average Bonchev–Trinajstić information content (AvgIpc) is 3.30. The van der Waals surface area contributed by atoms with E-state index < -0.39 is 11.7 Å². The van der Waals surface area contributed by atoms with Crippen molar-refractivity contribution < 1.29 is 22.7 Å². The maximum absolute atomic E-state index is 12.7. The van der Waals surface area contributed by atoms with E-state index in [1.54, 1.807) is 23.7 Å². The molecule has 2 aromatic heterocycles. The number of ether oxygens (including phenoxy) is 1. The molecule has 0 saturated heterocycles. The van der Waals surface area contributed by atoms with Crippen LogP contribution in [0.2, 0.25) is 0 Å². The molecular formula is C25H20F3N3O2S. The van der Waals surface area contributed by atoms with Crippen LogP contribution in [-0.2, 0) is 30.5 Å². The van der Waals surface area contributed by atoms with E-state index in [1.807, 2.05) is 30.3 Å². The molecule has 0 spiro atoms. The third-order valence-electron chi connectivity index (χ3n) is 4.87. The molecule has 0 aliphatic carbocycles. The Morgan fingerprint density at radius 1 is 1.00 bits per heavy atom. The number of benzene rings is 2. The number of alkyl halides is 3. The van der Waals surface area contributed by atoms with Crippen molar-refractivity contribution in [3.05, 3.63) is 101 Å². The Labute approximate surface area is 198 Å². The third kappa shape index (κ3) is 6.41. The van der Waals surface area contributed by atoms with Gasteiger partial charge in [-0.1, -0.05) is 42.5 Å². The molecule has 4 aromatic rings. The summed E-state index contributed by atoms with van der Waals surface area (Å²) in [5.74, 6) is 0.254. The number of nitrogens with one attached hydrogen (secondary N) is 1. The maximum atomic E-state index is 12.7. The molecule has 5 nitrogen and oxygen atoms in total. The fraction of sp³-hybridized carbons (Fsp3) is 0.160. The van der Waals surface area contributed by atoms with Gasteiger partial charge in [0.1, 0.15) is 11.6 Å². The van der Waals surface area contributed by atoms with Gasteiger partial charge in [-0.15, -0.1) is 11.3 Å². The lowest BCUT2D eigenvalue weighted by Crippen LogP contribution is -2.24. The van der Waals surface area contributed by atoms with Gasteiger partial charge in [-0.05, 0) is 29.3 Å². The molecule has 174 valence electrons. The van der Waals surface area contributed by atoms with E-state index in [0.717, 1.165) is 23.3 Å². The van der Waals surface area contributed by atoms with Gasteiger partial charge in [0.2, 0.25) is 11.8 Å². The van der Waals surface area contributed by atoms with Gasteiger partial charge >= 0.3 is 6.18 Å².